The van der Waals surface area contributed by atoms with Gasteiger partial charge >= 0.3 is 11.9 Å². The Morgan fingerprint density at radius 2 is 1.17 bits per heavy atom. The summed E-state index contributed by atoms with van der Waals surface area (Å²) >= 11 is 13.4. The molecule has 308 valence electrons. The van der Waals surface area contributed by atoms with Gasteiger partial charge < -0.3 is 42.6 Å². The highest BCUT2D eigenvalue weighted by Gasteiger charge is 2.15. The van der Waals surface area contributed by atoms with Gasteiger partial charge in [0, 0.05) is 66.8 Å². The van der Waals surface area contributed by atoms with Crippen molar-refractivity contribution in [2.24, 2.45) is 0 Å². The minimum absolute atomic E-state index is 0.0763. The molecule has 15 nitrogen and oxygen atoms in total. The normalized spacial score (nSPS) is 10.7. The predicted octanol–water partition coefficient (Wildman–Crippen LogP) is 10.0. The first-order valence-electron chi connectivity index (χ1n) is 17.5. The number of fused-ring (bicyclic) bond motifs is 3. The number of aromatic carboxylic acids is 1. The number of hydrogen-bond donors (Lipinski definition) is 3. The van der Waals surface area contributed by atoms with Crippen molar-refractivity contribution in [3.05, 3.63) is 157 Å². The number of carbonyl (C=O) groups is 3. The van der Waals surface area contributed by atoms with E-state index in [0.29, 0.717) is 35.7 Å². The number of nitrogens with one attached hydrogen (secondary N) is 1. The van der Waals surface area contributed by atoms with Crippen molar-refractivity contribution in [1.29, 1.82) is 0 Å². The molecule has 60 heavy (non-hydrogen) atoms. The Morgan fingerprint density at radius 3 is 1.68 bits per heavy atom. The molecule has 0 bridgehead atoms. The molecule has 0 fully saturated rings. The van der Waals surface area contributed by atoms with Crippen molar-refractivity contribution in [3.63, 3.8) is 0 Å². The lowest BCUT2D eigenvalue weighted by atomic mass is 10.2. The molecule has 9 rings (SSSR count). The van der Waals surface area contributed by atoms with Crippen LogP contribution in [0.25, 0.3) is 32.7 Å². The molecular formula is C41H32Br4N6O9. The first kappa shape index (κ1) is 44.0. The number of Topliss-reactive ketones (excluding diaryl/α,β-unsaturated/α-hetero) is 1. The largest absolute Gasteiger partial charge is 0.476 e. The molecule has 0 unspecified atom stereocenters. The fraction of sp³-hybridized carbons (Fsp3) is 0.122. The van der Waals surface area contributed by atoms with Crippen LogP contribution in [0.1, 0.15) is 48.7 Å². The highest BCUT2D eigenvalue weighted by atomic mass is 79.9. The van der Waals surface area contributed by atoms with Gasteiger partial charge in [-0.2, -0.15) is 0 Å². The zero-order chi connectivity index (χ0) is 42.8. The van der Waals surface area contributed by atoms with Crippen LogP contribution >= 0.6 is 63.7 Å². The molecule has 0 amide bonds. The molecule has 9 aromatic rings. The van der Waals surface area contributed by atoms with Crippen LogP contribution < -0.4 is 0 Å². The summed E-state index contributed by atoms with van der Waals surface area (Å²) in [7, 11) is 1.31. The van der Waals surface area contributed by atoms with E-state index in [2.05, 4.69) is 107 Å². The molecule has 0 aliphatic heterocycles. The van der Waals surface area contributed by atoms with E-state index >= 15 is 0 Å². The van der Waals surface area contributed by atoms with Gasteiger partial charge in [-0.05, 0) is 70.8 Å². The average Bonchev–Trinajstić information content (AvgIpc) is 4.12. The second-order valence-electron chi connectivity index (χ2n) is 12.5. The summed E-state index contributed by atoms with van der Waals surface area (Å²) < 4.78 is 26.6. The summed E-state index contributed by atoms with van der Waals surface area (Å²) in [5.41, 5.74) is 3.57. The number of hydrogen-bond acceptors (Lipinski definition) is 11. The number of aliphatic hydroxyl groups is 1. The van der Waals surface area contributed by atoms with E-state index in [1.54, 1.807) is 6.07 Å². The summed E-state index contributed by atoms with van der Waals surface area (Å²) in [6, 6.07) is 28.8. The van der Waals surface area contributed by atoms with Crippen molar-refractivity contribution in [1.82, 2.24) is 29.6 Å². The fourth-order valence-electron chi connectivity index (χ4n) is 5.61. The second kappa shape index (κ2) is 20.6. The quantitative estimate of drug-likeness (QED) is 0.0702. The molecule has 0 spiro atoms. The molecule has 0 aliphatic carbocycles. The third-order valence-corrected chi connectivity index (χ3v) is 10.5. The summed E-state index contributed by atoms with van der Waals surface area (Å²) in [6.45, 7) is 0.415. The first-order valence-corrected chi connectivity index (χ1v) is 21.0. The van der Waals surface area contributed by atoms with Crippen LogP contribution in [0, 0.1) is 0 Å². The number of ether oxygens (including phenoxy) is 1. The molecule has 3 aromatic carbocycles. The minimum Gasteiger partial charge on any atom is -0.476 e. The average molecular weight is 1070 g/mol. The number of H-pyrrole nitrogens is 1. The summed E-state index contributed by atoms with van der Waals surface area (Å²) in [5.74, 6) is -0.337. The van der Waals surface area contributed by atoms with Gasteiger partial charge in [0.25, 0.3) is 0 Å². The molecule has 0 aliphatic rings. The zero-order valence-electron chi connectivity index (χ0n) is 31.2. The molecule has 19 heteroatoms. The van der Waals surface area contributed by atoms with Gasteiger partial charge in [0.2, 0.25) is 5.78 Å². The number of aliphatic hydroxyl groups excluding tert-OH is 1. The van der Waals surface area contributed by atoms with Crippen molar-refractivity contribution < 1.29 is 42.9 Å². The lowest BCUT2D eigenvalue weighted by Gasteiger charge is -2.02. The van der Waals surface area contributed by atoms with Crippen LogP contribution in [0.4, 0.5) is 0 Å². The number of halogens is 4. The van der Waals surface area contributed by atoms with Gasteiger partial charge in [-0.1, -0.05) is 97.4 Å². The molecule has 6 aromatic heterocycles. The molecule has 0 atom stereocenters. The van der Waals surface area contributed by atoms with Gasteiger partial charge in [-0.25, -0.2) is 9.59 Å². The van der Waals surface area contributed by atoms with Crippen LogP contribution in [0.5, 0.6) is 0 Å². The minimum atomic E-state index is -1.09. The Kier molecular flexibility index (Phi) is 15.1. The summed E-state index contributed by atoms with van der Waals surface area (Å²) in [5, 5.41) is 31.9. The van der Waals surface area contributed by atoms with E-state index in [1.165, 1.54) is 30.1 Å². The predicted molar refractivity (Wildman–Crippen MR) is 235 cm³/mol. The Bertz CT molecular complexity index is 2890. The number of aromatic nitrogens is 6. The molecule has 0 radical (unpaired) electrons. The summed E-state index contributed by atoms with van der Waals surface area (Å²) in [4.78, 5) is 36.0. The van der Waals surface area contributed by atoms with E-state index < -0.39 is 24.3 Å². The maximum absolute atomic E-state index is 11.3. The van der Waals surface area contributed by atoms with Crippen LogP contribution in [-0.2, 0) is 23.2 Å². The Hall–Kier alpha value is -5.60. The van der Waals surface area contributed by atoms with Crippen LogP contribution in [0.2, 0.25) is 0 Å². The van der Waals surface area contributed by atoms with Gasteiger partial charge in [-0.15, -0.1) is 0 Å². The van der Waals surface area contributed by atoms with Gasteiger partial charge in [0.1, 0.15) is 12.4 Å². The van der Waals surface area contributed by atoms with E-state index in [-0.39, 0.29) is 17.1 Å². The molecular weight excluding hydrogens is 1040 g/mol. The van der Waals surface area contributed by atoms with Gasteiger partial charge in [0.15, 0.2) is 28.6 Å². The van der Waals surface area contributed by atoms with Crippen molar-refractivity contribution >= 4 is 114 Å². The van der Waals surface area contributed by atoms with Crippen LogP contribution in [-0.4, -0.2) is 71.2 Å². The number of aromatic amines is 1. The Balaban J connectivity index is 0.000000140. The van der Waals surface area contributed by atoms with E-state index in [1.807, 2.05) is 82.3 Å². The van der Waals surface area contributed by atoms with Gasteiger partial charge in [-0.3, -0.25) is 4.79 Å². The highest BCUT2D eigenvalue weighted by molar-refractivity contribution is 9.11. The molecule has 0 saturated heterocycles. The topological polar surface area (TPSA) is 205 Å². The van der Waals surface area contributed by atoms with Gasteiger partial charge in [0.05, 0.1) is 25.5 Å². The third-order valence-electron chi connectivity index (χ3n) is 8.49. The Morgan fingerprint density at radius 1 is 0.667 bits per heavy atom. The van der Waals surface area contributed by atoms with E-state index in [9.17, 15) is 14.4 Å². The monoisotopic (exact) mass is 1070 g/mol. The number of rotatable bonds is 9. The number of carboxylic acid groups (broad SMARTS) is 1. The number of ketones is 1. The smallest absolute Gasteiger partial charge is 0.360 e. The number of carboxylic acids is 1. The zero-order valence-corrected chi connectivity index (χ0v) is 37.6. The molecule has 0 saturated carbocycles. The highest BCUT2D eigenvalue weighted by Crippen LogP contribution is 2.24. The van der Waals surface area contributed by atoms with Crippen molar-refractivity contribution in [2.45, 2.75) is 18.4 Å². The number of esters is 1. The number of benzene rings is 3. The second-order valence-corrected chi connectivity index (χ2v) is 15.9. The Labute approximate surface area is 373 Å². The number of alkyl halides is 1. The lowest BCUT2D eigenvalue weighted by molar-refractivity contribution is 0.0588. The molecule has 3 N–H and O–H groups in total. The van der Waals surface area contributed by atoms with Crippen LogP contribution in [0.3, 0.4) is 0 Å². The number of nitrogens with zero attached hydrogens (tertiary/aromatic N) is 5. The number of carbonyl (C=O) groups excluding carboxylic acids is 2. The first-order chi connectivity index (χ1) is 28.9. The molecule has 6 heterocycles. The maximum Gasteiger partial charge on any atom is 0.360 e. The van der Waals surface area contributed by atoms with E-state index in [0.717, 1.165) is 35.2 Å². The summed E-state index contributed by atoms with van der Waals surface area (Å²) in [6.07, 6.45) is 5.84. The van der Waals surface area contributed by atoms with Crippen LogP contribution in [0.15, 0.2) is 137 Å². The SMILES string of the molecule is Brc1ccc2cc[nH]c2c1.COC(=O)c1cc(Cn2ccc3ccc(Br)cc32)on1.O=C(CO)c1cc(CBr)on1.O=C(O)c1cc(Cn2ccc3ccc(Br)cc32)on1. The van der Waals surface area contributed by atoms with E-state index in [4.69, 9.17) is 23.8 Å². The third kappa shape index (κ3) is 11.4. The fourth-order valence-corrected chi connectivity index (χ4v) is 6.93. The van der Waals surface area contributed by atoms with Crippen molar-refractivity contribution in [3.8, 4) is 0 Å². The standard InChI is InChI=1S/C14H11BrN2O3.C13H9BrN2O3.C8H6BrN.C6H6BrNO3/c1-19-14(18)12-7-11(20-16-12)8-17-5-4-9-2-3-10(15)6-13(9)17;14-9-2-1-8-3-4-16(12(8)5-9)7-10-6-11(13(17)18)15-19-10;9-7-2-1-6-3-4-10-8(6)5-7;7-2-4-1-5(8-11-4)6(10)3-9/h2-7H,8H2,1H3;1-6H,7H2,(H,17,18);1-5,10H;1,9H,2-3H2. The lowest BCUT2D eigenvalue weighted by Crippen LogP contribution is -2.03. The van der Waals surface area contributed by atoms with Crippen molar-refractivity contribution in [2.75, 3.05) is 13.7 Å². The maximum atomic E-state index is 11.3. The number of methoxy groups -OCH3 is 1.